The molecular formula is C23H19N3O3S. The number of nitrogens with one attached hydrogen (secondary N) is 2. The highest BCUT2D eigenvalue weighted by molar-refractivity contribution is 7.80. The van der Waals surface area contributed by atoms with Gasteiger partial charge < -0.3 is 14.5 Å². The summed E-state index contributed by atoms with van der Waals surface area (Å²) in [6.07, 6.45) is 0. The standard InChI is InChI=1S/C23H19N3O3S/c1-14-7-12-18-20(13-14)29-22(25-18)15-8-10-16(11-9-15)24-23(30)26-21(27)17-5-3-4-6-19(17)28-2/h3-13H,1-2H3,(H2,24,26,27,30). The van der Waals surface area contributed by atoms with E-state index in [1.807, 2.05) is 49.4 Å². The van der Waals surface area contributed by atoms with E-state index >= 15 is 0 Å². The van der Waals surface area contributed by atoms with Crippen LogP contribution in [0.3, 0.4) is 0 Å². The van der Waals surface area contributed by atoms with Crippen molar-refractivity contribution in [3.8, 4) is 17.2 Å². The van der Waals surface area contributed by atoms with Crippen molar-refractivity contribution in [2.24, 2.45) is 0 Å². The second-order valence-corrected chi connectivity index (χ2v) is 7.08. The molecule has 1 heterocycles. The molecule has 0 bridgehead atoms. The molecule has 0 aliphatic rings. The first kappa shape index (κ1) is 19.6. The maximum Gasteiger partial charge on any atom is 0.261 e. The van der Waals surface area contributed by atoms with Crippen LogP contribution in [0.5, 0.6) is 5.75 Å². The molecule has 7 heteroatoms. The van der Waals surface area contributed by atoms with Crippen molar-refractivity contribution < 1.29 is 13.9 Å². The molecule has 4 aromatic rings. The number of amides is 1. The van der Waals surface area contributed by atoms with Gasteiger partial charge in [-0.1, -0.05) is 18.2 Å². The minimum Gasteiger partial charge on any atom is -0.496 e. The number of methoxy groups -OCH3 is 1. The van der Waals surface area contributed by atoms with Gasteiger partial charge in [-0.2, -0.15) is 0 Å². The van der Waals surface area contributed by atoms with Gasteiger partial charge in [0.2, 0.25) is 5.89 Å². The van der Waals surface area contributed by atoms with E-state index in [1.165, 1.54) is 7.11 Å². The first-order valence-corrected chi connectivity index (χ1v) is 9.67. The van der Waals surface area contributed by atoms with Crippen molar-refractivity contribution in [3.05, 3.63) is 77.9 Å². The number of aryl methyl sites for hydroxylation is 1. The molecule has 0 unspecified atom stereocenters. The average Bonchev–Trinajstić information content (AvgIpc) is 3.17. The third kappa shape index (κ3) is 4.16. The number of rotatable bonds is 4. The van der Waals surface area contributed by atoms with Gasteiger partial charge in [0.25, 0.3) is 5.91 Å². The summed E-state index contributed by atoms with van der Waals surface area (Å²) in [5.74, 6) is 0.688. The number of thiocarbonyl (C=S) groups is 1. The first-order chi connectivity index (χ1) is 14.5. The number of anilines is 1. The zero-order valence-corrected chi connectivity index (χ0v) is 17.2. The Bertz CT molecular complexity index is 1230. The molecule has 30 heavy (non-hydrogen) atoms. The number of fused-ring (bicyclic) bond motifs is 1. The molecule has 3 aromatic carbocycles. The Labute approximate surface area is 178 Å². The van der Waals surface area contributed by atoms with Crippen LogP contribution in [0.15, 0.2) is 71.1 Å². The fraction of sp³-hybridized carbons (Fsp3) is 0.0870. The highest BCUT2D eigenvalue weighted by Gasteiger charge is 2.13. The van der Waals surface area contributed by atoms with E-state index in [2.05, 4.69) is 15.6 Å². The number of aromatic nitrogens is 1. The monoisotopic (exact) mass is 417 g/mol. The Kier molecular flexibility index (Phi) is 5.45. The third-order valence-corrected chi connectivity index (χ3v) is 4.72. The Morgan fingerprint density at radius 1 is 1.07 bits per heavy atom. The van der Waals surface area contributed by atoms with Gasteiger partial charge >= 0.3 is 0 Å². The second kappa shape index (κ2) is 8.34. The minimum absolute atomic E-state index is 0.191. The molecule has 0 fully saturated rings. The summed E-state index contributed by atoms with van der Waals surface area (Å²) >= 11 is 5.26. The minimum atomic E-state index is -0.344. The molecular weight excluding hydrogens is 398 g/mol. The van der Waals surface area contributed by atoms with Crippen molar-refractivity contribution in [2.75, 3.05) is 12.4 Å². The first-order valence-electron chi connectivity index (χ1n) is 9.26. The Morgan fingerprint density at radius 3 is 2.60 bits per heavy atom. The molecule has 150 valence electrons. The van der Waals surface area contributed by atoms with Crippen LogP contribution in [0.2, 0.25) is 0 Å². The maximum absolute atomic E-state index is 12.4. The largest absolute Gasteiger partial charge is 0.496 e. The second-order valence-electron chi connectivity index (χ2n) is 6.68. The van der Waals surface area contributed by atoms with E-state index in [1.54, 1.807) is 24.3 Å². The van der Waals surface area contributed by atoms with E-state index in [0.29, 0.717) is 17.2 Å². The molecule has 0 saturated carbocycles. The normalized spacial score (nSPS) is 10.6. The SMILES string of the molecule is COc1ccccc1C(=O)NC(=S)Nc1ccc(-c2nc3ccc(C)cc3o2)cc1. The molecule has 1 aromatic heterocycles. The number of carbonyl (C=O) groups is 1. The maximum atomic E-state index is 12.4. The average molecular weight is 417 g/mol. The Hall–Kier alpha value is -3.71. The van der Waals surface area contributed by atoms with Crippen LogP contribution >= 0.6 is 12.2 Å². The lowest BCUT2D eigenvalue weighted by Gasteiger charge is -2.11. The van der Waals surface area contributed by atoms with E-state index in [0.717, 1.165) is 27.9 Å². The van der Waals surface area contributed by atoms with Gasteiger partial charge in [0.15, 0.2) is 10.7 Å². The van der Waals surface area contributed by atoms with Crippen molar-refractivity contribution in [1.29, 1.82) is 0 Å². The van der Waals surface area contributed by atoms with Crippen LogP contribution in [0.4, 0.5) is 5.69 Å². The number of para-hydroxylation sites is 1. The zero-order chi connectivity index (χ0) is 21.1. The molecule has 0 aliphatic heterocycles. The zero-order valence-electron chi connectivity index (χ0n) is 16.4. The van der Waals surface area contributed by atoms with Crippen molar-refractivity contribution in [3.63, 3.8) is 0 Å². The van der Waals surface area contributed by atoms with E-state index in [9.17, 15) is 4.79 Å². The lowest BCUT2D eigenvalue weighted by atomic mass is 10.2. The van der Waals surface area contributed by atoms with Gasteiger partial charge in [-0.3, -0.25) is 10.1 Å². The van der Waals surface area contributed by atoms with Gasteiger partial charge in [-0.15, -0.1) is 0 Å². The van der Waals surface area contributed by atoms with Crippen LogP contribution in [-0.2, 0) is 0 Å². The van der Waals surface area contributed by atoms with Gasteiger partial charge in [-0.25, -0.2) is 4.98 Å². The predicted molar refractivity (Wildman–Crippen MR) is 121 cm³/mol. The third-order valence-electron chi connectivity index (χ3n) is 4.51. The molecule has 0 radical (unpaired) electrons. The van der Waals surface area contributed by atoms with E-state index in [4.69, 9.17) is 21.4 Å². The molecule has 6 nitrogen and oxygen atoms in total. The highest BCUT2D eigenvalue weighted by atomic mass is 32.1. The number of oxazole rings is 1. The Morgan fingerprint density at radius 2 is 1.83 bits per heavy atom. The summed E-state index contributed by atoms with van der Waals surface area (Å²) in [7, 11) is 1.52. The molecule has 2 N–H and O–H groups in total. The molecule has 0 aliphatic carbocycles. The summed E-state index contributed by atoms with van der Waals surface area (Å²) in [6.45, 7) is 2.01. The number of carbonyl (C=O) groups excluding carboxylic acids is 1. The van der Waals surface area contributed by atoms with Gasteiger partial charge in [0.05, 0.1) is 12.7 Å². The number of hydrogen-bond acceptors (Lipinski definition) is 5. The summed E-state index contributed by atoms with van der Waals surface area (Å²) in [4.78, 5) is 17.0. The summed E-state index contributed by atoms with van der Waals surface area (Å²) in [5.41, 5.74) is 4.68. The van der Waals surface area contributed by atoms with E-state index < -0.39 is 0 Å². The van der Waals surface area contributed by atoms with Crippen molar-refractivity contribution >= 4 is 40.0 Å². The quantitative estimate of drug-likeness (QED) is 0.458. The molecule has 0 spiro atoms. The van der Waals surface area contributed by atoms with Crippen LogP contribution < -0.4 is 15.4 Å². The summed E-state index contributed by atoms with van der Waals surface area (Å²) < 4.78 is 11.1. The summed E-state index contributed by atoms with van der Waals surface area (Å²) in [6, 6.07) is 20.3. The molecule has 0 saturated heterocycles. The number of hydrogen-bond donors (Lipinski definition) is 2. The van der Waals surface area contributed by atoms with Gasteiger partial charge in [-0.05, 0) is 73.2 Å². The number of ether oxygens (including phenoxy) is 1. The smallest absolute Gasteiger partial charge is 0.261 e. The van der Waals surface area contributed by atoms with Crippen LogP contribution in [0, 0.1) is 6.92 Å². The fourth-order valence-corrected chi connectivity index (χ4v) is 3.23. The molecule has 4 rings (SSSR count). The summed E-state index contributed by atoms with van der Waals surface area (Å²) in [5, 5.41) is 5.85. The highest BCUT2D eigenvalue weighted by Crippen LogP contribution is 2.26. The van der Waals surface area contributed by atoms with Crippen LogP contribution in [-0.4, -0.2) is 23.1 Å². The topological polar surface area (TPSA) is 76.4 Å². The lowest BCUT2D eigenvalue weighted by Crippen LogP contribution is -2.34. The van der Waals surface area contributed by atoms with Gasteiger partial charge in [0, 0.05) is 11.3 Å². The molecule has 1 amide bonds. The Balaban J connectivity index is 1.43. The van der Waals surface area contributed by atoms with Crippen LogP contribution in [0.25, 0.3) is 22.6 Å². The predicted octanol–water partition coefficient (Wildman–Crippen LogP) is 4.94. The van der Waals surface area contributed by atoms with Gasteiger partial charge in [0.1, 0.15) is 11.3 Å². The number of benzene rings is 3. The van der Waals surface area contributed by atoms with Crippen molar-refractivity contribution in [2.45, 2.75) is 6.92 Å². The van der Waals surface area contributed by atoms with E-state index in [-0.39, 0.29) is 11.0 Å². The molecule has 0 atom stereocenters. The lowest BCUT2D eigenvalue weighted by molar-refractivity contribution is 0.0975. The van der Waals surface area contributed by atoms with Crippen molar-refractivity contribution in [1.82, 2.24) is 10.3 Å². The van der Waals surface area contributed by atoms with Crippen LogP contribution in [0.1, 0.15) is 15.9 Å². The fourth-order valence-electron chi connectivity index (χ4n) is 3.02. The number of nitrogens with zero attached hydrogens (tertiary/aromatic N) is 1.